The first-order chi connectivity index (χ1) is 14.1. The highest BCUT2D eigenvalue weighted by atomic mass is 19.1. The molecule has 3 rings (SSSR count). The Hall–Kier alpha value is -3.74. The number of nitrogens with one attached hydrogen (secondary N) is 2. The van der Waals surface area contributed by atoms with Gasteiger partial charge in [-0.1, -0.05) is 30.3 Å². The maximum Gasteiger partial charge on any atom is 0.270 e. The van der Waals surface area contributed by atoms with Crippen molar-refractivity contribution in [3.05, 3.63) is 95.1 Å². The third-order valence-electron chi connectivity index (χ3n) is 4.25. The van der Waals surface area contributed by atoms with E-state index in [1.807, 2.05) is 24.3 Å². The average Bonchev–Trinajstić information content (AvgIpc) is 2.77. The number of hydrogen-bond acceptors (Lipinski definition) is 4. The predicted octanol–water partition coefficient (Wildman–Crippen LogP) is 3.09. The van der Waals surface area contributed by atoms with Gasteiger partial charge in [-0.2, -0.15) is 0 Å². The normalized spacial score (nSPS) is 10.3. The van der Waals surface area contributed by atoms with Gasteiger partial charge in [-0.15, -0.1) is 0 Å². The highest BCUT2D eigenvalue weighted by Crippen LogP contribution is 2.17. The predicted molar refractivity (Wildman–Crippen MR) is 106 cm³/mol. The molecule has 0 fully saturated rings. The number of hydrogen-bond donors (Lipinski definition) is 2. The molecule has 7 heteroatoms. The second-order valence-electron chi connectivity index (χ2n) is 6.23. The molecule has 2 N–H and O–H groups in total. The van der Waals surface area contributed by atoms with Gasteiger partial charge in [0.15, 0.2) is 0 Å². The van der Waals surface area contributed by atoms with E-state index in [0.717, 1.165) is 11.1 Å². The van der Waals surface area contributed by atoms with Gasteiger partial charge < -0.3 is 15.4 Å². The SMILES string of the molecule is COc1ccccc1CNC(=O)c1ccnc(C(=O)NCc2ccc(F)cc2)c1. The summed E-state index contributed by atoms with van der Waals surface area (Å²) in [7, 11) is 1.57. The molecule has 6 nitrogen and oxygen atoms in total. The molecule has 148 valence electrons. The molecular formula is C22H20FN3O3. The molecule has 0 aliphatic heterocycles. The maximum atomic E-state index is 12.9. The van der Waals surface area contributed by atoms with Crippen LogP contribution in [0, 0.1) is 5.82 Å². The van der Waals surface area contributed by atoms with Crippen LogP contribution in [0.15, 0.2) is 66.9 Å². The zero-order valence-electron chi connectivity index (χ0n) is 15.8. The Morgan fingerprint density at radius 3 is 2.45 bits per heavy atom. The lowest BCUT2D eigenvalue weighted by atomic mass is 10.1. The number of halogens is 1. The zero-order valence-corrected chi connectivity index (χ0v) is 15.8. The lowest BCUT2D eigenvalue weighted by Crippen LogP contribution is -2.26. The van der Waals surface area contributed by atoms with Crippen LogP contribution in [-0.4, -0.2) is 23.9 Å². The number of carbonyl (C=O) groups is 2. The van der Waals surface area contributed by atoms with Gasteiger partial charge in [0.05, 0.1) is 7.11 Å². The van der Waals surface area contributed by atoms with Crippen LogP contribution in [-0.2, 0) is 13.1 Å². The number of methoxy groups -OCH3 is 1. The quantitative estimate of drug-likeness (QED) is 0.647. The highest BCUT2D eigenvalue weighted by Gasteiger charge is 2.12. The number of rotatable bonds is 7. The van der Waals surface area contributed by atoms with Crippen LogP contribution in [0.5, 0.6) is 5.75 Å². The van der Waals surface area contributed by atoms with E-state index in [-0.39, 0.29) is 30.5 Å². The van der Waals surface area contributed by atoms with E-state index in [0.29, 0.717) is 11.3 Å². The van der Waals surface area contributed by atoms with Crippen molar-refractivity contribution in [2.45, 2.75) is 13.1 Å². The third kappa shape index (κ3) is 5.38. The fraction of sp³-hybridized carbons (Fsp3) is 0.136. The summed E-state index contributed by atoms with van der Waals surface area (Å²) < 4.78 is 18.2. The van der Waals surface area contributed by atoms with Crippen LogP contribution in [0.3, 0.4) is 0 Å². The van der Waals surface area contributed by atoms with E-state index in [1.54, 1.807) is 19.2 Å². The molecule has 29 heavy (non-hydrogen) atoms. The lowest BCUT2D eigenvalue weighted by molar-refractivity contribution is 0.0946. The van der Waals surface area contributed by atoms with Crippen LogP contribution < -0.4 is 15.4 Å². The summed E-state index contributed by atoms with van der Waals surface area (Å²) in [6.45, 7) is 0.516. The van der Waals surface area contributed by atoms with Crippen LogP contribution in [0.25, 0.3) is 0 Å². The van der Waals surface area contributed by atoms with Gasteiger partial charge >= 0.3 is 0 Å². The first-order valence-corrected chi connectivity index (χ1v) is 8.95. The van der Waals surface area contributed by atoms with Crippen molar-refractivity contribution in [1.82, 2.24) is 15.6 Å². The molecule has 0 unspecified atom stereocenters. The maximum absolute atomic E-state index is 12.9. The number of para-hydroxylation sites is 1. The topological polar surface area (TPSA) is 80.3 Å². The number of pyridine rings is 1. The van der Waals surface area contributed by atoms with Crippen molar-refractivity contribution in [1.29, 1.82) is 0 Å². The largest absolute Gasteiger partial charge is 0.496 e. The average molecular weight is 393 g/mol. The van der Waals surface area contributed by atoms with Crippen molar-refractivity contribution in [3.8, 4) is 5.75 Å². The monoisotopic (exact) mass is 393 g/mol. The summed E-state index contributed by atoms with van der Waals surface area (Å²) in [6.07, 6.45) is 1.41. The fourth-order valence-electron chi connectivity index (χ4n) is 2.70. The number of ether oxygens (including phenoxy) is 1. The van der Waals surface area contributed by atoms with Crippen LogP contribution >= 0.6 is 0 Å². The van der Waals surface area contributed by atoms with Gasteiger partial charge in [0.25, 0.3) is 11.8 Å². The van der Waals surface area contributed by atoms with E-state index in [9.17, 15) is 14.0 Å². The highest BCUT2D eigenvalue weighted by molar-refractivity contribution is 5.98. The summed E-state index contributed by atoms with van der Waals surface area (Å²) in [5, 5.41) is 5.51. The van der Waals surface area contributed by atoms with Crippen molar-refractivity contribution in [2.24, 2.45) is 0 Å². The molecule has 1 aromatic heterocycles. The molecule has 1 heterocycles. The Morgan fingerprint density at radius 2 is 1.69 bits per heavy atom. The number of amides is 2. The molecule has 3 aromatic rings. The number of carbonyl (C=O) groups excluding carboxylic acids is 2. The van der Waals surface area contributed by atoms with Gasteiger partial charge in [0.2, 0.25) is 0 Å². The molecule has 0 aliphatic rings. The van der Waals surface area contributed by atoms with Crippen molar-refractivity contribution in [2.75, 3.05) is 7.11 Å². The summed E-state index contributed by atoms with van der Waals surface area (Å²) in [5.41, 5.74) is 2.04. The Bertz CT molecular complexity index is 1010. The van der Waals surface area contributed by atoms with E-state index >= 15 is 0 Å². The first-order valence-electron chi connectivity index (χ1n) is 8.95. The van der Waals surface area contributed by atoms with Gasteiger partial charge in [0, 0.05) is 30.4 Å². The summed E-state index contributed by atoms with van der Waals surface area (Å²) in [4.78, 5) is 28.8. The third-order valence-corrected chi connectivity index (χ3v) is 4.25. The second kappa shape index (κ2) is 9.45. The van der Waals surface area contributed by atoms with Gasteiger partial charge in [-0.3, -0.25) is 14.6 Å². The summed E-state index contributed by atoms with van der Waals surface area (Å²) in [5.74, 6) is -0.406. The number of benzene rings is 2. The van der Waals surface area contributed by atoms with Crippen molar-refractivity contribution in [3.63, 3.8) is 0 Å². The molecule has 0 radical (unpaired) electrons. The van der Waals surface area contributed by atoms with E-state index in [1.165, 1.54) is 30.5 Å². The van der Waals surface area contributed by atoms with Crippen LogP contribution in [0.4, 0.5) is 4.39 Å². The Kier molecular flexibility index (Phi) is 6.52. The van der Waals surface area contributed by atoms with Crippen LogP contribution in [0.1, 0.15) is 32.0 Å². The summed E-state index contributed by atoms with van der Waals surface area (Å²) in [6, 6.07) is 16.2. The molecular weight excluding hydrogens is 373 g/mol. The molecule has 0 atom stereocenters. The molecule has 0 aliphatic carbocycles. The Labute approximate surface area is 167 Å². The summed E-state index contributed by atoms with van der Waals surface area (Å²) >= 11 is 0. The van der Waals surface area contributed by atoms with Gasteiger partial charge in [-0.05, 0) is 35.9 Å². The molecule has 2 amide bonds. The van der Waals surface area contributed by atoms with Crippen molar-refractivity contribution >= 4 is 11.8 Å². The lowest BCUT2D eigenvalue weighted by Gasteiger charge is -2.10. The Morgan fingerprint density at radius 1 is 0.966 bits per heavy atom. The van der Waals surface area contributed by atoms with Gasteiger partial charge in [0.1, 0.15) is 17.3 Å². The molecule has 0 saturated carbocycles. The smallest absolute Gasteiger partial charge is 0.270 e. The number of nitrogens with zero attached hydrogens (tertiary/aromatic N) is 1. The fourth-order valence-corrected chi connectivity index (χ4v) is 2.70. The minimum absolute atomic E-state index is 0.122. The van der Waals surface area contributed by atoms with Crippen LogP contribution in [0.2, 0.25) is 0 Å². The molecule has 0 bridgehead atoms. The van der Waals surface area contributed by atoms with E-state index in [2.05, 4.69) is 15.6 Å². The second-order valence-corrected chi connectivity index (χ2v) is 6.23. The van der Waals surface area contributed by atoms with E-state index in [4.69, 9.17) is 4.74 Å². The van der Waals surface area contributed by atoms with Crippen molar-refractivity contribution < 1.29 is 18.7 Å². The minimum Gasteiger partial charge on any atom is -0.496 e. The van der Waals surface area contributed by atoms with Gasteiger partial charge in [-0.25, -0.2) is 4.39 Å². The molecule has 0 saturated heterocycles. The standard InChI is InChI=1S/C22H20FN3O3/c1-29-20-5-3-2-4-17(20)14-26-21(27)16-10-11-24-19(12-16)22(28)25-13-15-6-8-18(23)9-7-15/h2-12H,13-14H2,1H3,(H,25,28)(H,26,27). The molecule has 0 spiro atoms. The first kappa shape index (κ1) is 20.0. The van der Waals surface area contributed by atoms with E-state index < -0.39 is 5.91 Å². The molecule has 2 aromatic carbocycles. The zero-order chi connectivity index (χ0) is 20.6. The number of aromatic nitrogens is 1. The Balaban J connectivity index is 1.61. The minimum atomic E-state index is -0.422.